The summed E-state index contributed by atoms with van der Waals surface area (Å²) in [6, 6.07) is 11.8. The summed E-state index contributed by atoms with van der Waals surface area (Å²) in [6.07, 6.45) is 1.69. The molecule has 1 unspecified atom stereocenters. The largest absolute Gasteiger partial charge is 0.316 e. The van der Waals surface area contributed by atoms with Crippen LogP contribution in [0, 0.1) is 19.7 Å². The molecule has 0 fully saturated rings. The van der Waals surface area contributed by atoms with Crippen molar-refractivity contribution in [3.63, 3.8) is 0 Å². The van der Waals surface area contributed by atoms with E-state index in [1.807, 2.05) is 13.1 Å². The maximum absolute atomic E-state index is 13.5. The molecule has 0 saturated heterocycles. The highest BCUT2D eigenvalue weighted by molar-refractivity contribution is 6.30. The van der Waals surface area contributed by atoms with Gasteiger partial charge in [-0.05, 0) is 68.1 Å². The number of rotatable bonds is 5. The molecule has 0 radical (unpaired) electrons. The summed E-state index contributed by atoms with van der Waals surface area (Å²) in [4.78, 5) is 0. The highest BCUT2D eigenvalue weighted by Crippen LogP contribution is 2.18. The van der Waals surface area contributed by atoms with E-state index in [-0.39, 0.29) is 16.9 Å². The normalized spacial score (nSPS) is 12.4. The average Bonchev–Trinajstić information content (AvgIpc) is 2.46. The standard InChI is InChI=1S/C18H21ClFN/c1-12-4-5-14(8-13(12)2)9-16(21-3)10-15-6-7-17(19)18(20)11-15/h4-8,11,16,21H,9-10H2,1-3H3. The molecule has 0 aliphatic rings. The van der Waals surface area contributed by atoms with Gasteiger partial charge in [-0.3, -0.25) is 0 Å². The van der Waals surface area contributed by atoms with Gasteiger partial charge in [0.25, 0.3) is 0 Å². The first-order chi connectivity index (χ1) is 9.99. The first-order valence-electron chi connectivity index (χ1n) is 7.17. The van der Waals surface area contributed by atoms with Crippen LogP contribution in [0.5, 0.6) is 0 Å². The monoisotopic (exact) mass is 305 g/mol. The third kappa shape index (κ3) is 4.29. The van der Waals surface area contributed by atoms with E-state index in [2.05, 4.69) is 37.4 Å². The molecule has 0 amide bonds. The van der Waals surface area contributed by atoms with Crippen LogP contribution in [0.3, 0.4) is 0 Å². The molecule has 0 spiro atoms. The molecule has 3 heteroatoms. The predicted molar refractivity (Wildman–Crippen MR) is 87.6 cm³/mol. The van der Waals surface area contributed by atoms with Crippen molar-refractivity contribution < 1.29 is 4.39 Å². The Morgan fingerprint density at radius 3 is 2.19 bits per heavy atom. The quantitative estimate of drug-likeness (QED) is 0.859. The Morgan fingerprint density at radius 2 is 1.62 bits per heavy atom. The summed E-state index contributed by atoms with van der Waals surface area (Å²) in [6.45, 7) is 4.24. The third-order valence-corrected chi connectivity index (χ3v) is 4.23. The van der Waals surface area contributed by atoms with Gasteiger partial charge in [-0.2, -0.15) is 0 Å². The van der Waals surface area contributed by atoms with Gasteiger partial charge in [0.2, 0.25) is 0 Å². The third-order valence-electron chi connectivity index (χ3n) is 3.93. The lowest BCUT2D eigenvalue weighted by molar-refractivity contribution is 0.552. The summed E-state index contributed by atoms with van der Waals surface area (Å²) in [5, 5.41) is 3.49. The number of halogens is 2. The Labute approximate surface area is 131 Å². The van der Waals surface area contributed by atoms with Crippen LogP contribution in [0.4, 0.5) is 4.39 Å². The van der Waals surface area contributed by atoms with Gasteiger partial charge in [-0.15, -0.1) is 0 Å². The van der Waals surface area contributed by atoms with E-state index in [4.69, 9.17) is 11.6 Å². The molecular formula is C18H21ClFN. The fourth-order valence-corrected chi connectivity index (χ4v) is 2.56. The SMILES string of the molecule is CNC(Cc1ccc(C)c(C)c1)Cc1ccc(Cl)c(F)c1. The zero-order chi connectivity index (χ0) is 15.4. The second-order valence-electron chi connectivity index (χ2n) is 5.56. The summed E-state index contributed by atoms with van der Waals surface area (Å²) in [5.74, 6) is -0.352. The topological polar surface area (TPSA) is 12.0 Å². The molecular weight excluding hydrogens is 285 g/mol. The lowest BCUT2D eigenvalue weighted by atomic mass is 9.97. The van der Waals surface area contributed by atoms with Gasteiger partial charge in [0.15, 0.2) is 0 Å². The van der Waals surface area contributed by atoms with E-state index in [9.17, 15) is 4.39 Å². The Bertz CT molecular complexity index is 571. The first kappa shape index (κ1) is 16.0. The maximum atomic E-state index is 13.5. The highest BCUT2D eigenvalue weighted by atomic mass is 35.5. The minimum atomic E-state index is -0.352. The van der Waals surface area contributed by atoms with Crippen LogP contribution in [0.1, 0.15) is 22.3 Å². The molecule has 0 aliphatic heterocycles. The maximum Gasteiger partial charge on any atom is 0.142 e. The molecule has 2 rings (SSSR count). The van der Waals surface area contributed by atoms with Crippen LogP contribution in [0.2, 0.25) is 5.02 Å². The van der Waals surface area contributed by atoms with E-state index >= 15 is 0 Å². The van der Waals surface area contributed by atoms with Crippen molar-refractivity contribution >= 4 is 11.6 Å². The minimum absolute atomic E-state index is 0.175. The molecule has 21 heavy (non-hydrogen) atoms. The summed E-state index contributed by atoms with van der Waals surface area (Å²) < 4.78 is 13.5. The van der Waals surface area contributed by atoms with Gasteiger partial charge in [0.1, 0.15) is 5.82 Å². The van der Waals surface area contributed by atoms with Gasteiger partial charge in [0.05, 0.1) is 5.02 Å². The van der Waals surface area contributed by atoms with Gasteiger partial charge in [-0.1, -0.05) is 35.9 Å². The predicted octanol–water partition coefficient (Wildman–Crippen LogP) is 4.47. The lowest BCUT2D eigenvalue weighted by Gasteiger charge is -2.17. The number of hydrogen-bond donors (Lipinski definition) is 1. The number of aryl methyl sites for hydroxylation is 2. The first-order valence-corrected chi connectivity index (χ1v) is 7.54. The van der Waals surface area contributed by atoms with E-state index in [0.717, 1.165) is 18.4 Å². The van der Waals surface area contributed by atoms with Crippen molar-refractivity contribution in [2.24, 2.45) is 0 Å². The average molecular weight is 306 g/mol. The van der Waals surface area contributed by atoms with Crippen LogP contribution in [-0.4, -0.2) is 13.1 Å². The Morgan fingerprint density at radius 1 is 1.00 bits per heavy atom. The van der Waals surface area contributed by atoms with Gasteiger partial charge in [0, 0.05) is 6.04 Å². The van der Waals surface area contributed by atoms with Crippen molar-refractivity contribution in [3.8, 4) is 0 Å². The van der Waals surface area contributed by atoms with Crippen LogP contribution >= 0.6 is 11.6 Å². The van der Waals surface area contributed by atoms with E-state index in [1.54, 1.807) is 6.07 Å². The van der Waals surface area contributed by atoms with E-state index in [1.165, 1.54) is 22.8 Å². The van der Waals surface area contributed by atoms with Crippen molar-refractivity contribution in [1.29, 1.82) is 0 Å². The van der Waals surface area contributed by atoms with Crippen molar-refractivity contribution in [1.82, 2.24) is 5.32 Å². The number of hydrogen-bond acceptors (Lipinski definition) is 1. The van der Waals surface area contributed by atoms with Crippen LogP contribution in [0.25, 0.3) is 0 Å². The van der Waals surface area contributed by atoms with Gasteiger partial charge >= 0.3 is 0 Å². The summed E-state index contributed by atoms with van der Waals surface area (Å²) >= 11 is 5.72. The molecule has 1 nitrogen and oxygen atoms in total. The number of benzene rings is 2. The van der Waals surface area contributed by atoms with Crippen LogP contribution < -0.4 is 5.32 Å². The molecule has 112 valence electrons. The Hall–Kier alpha value is -1.38. The second-order valence-corrected chi connectivity index (χ2v) is 5.97. The number of likely N-dealkylation sites (N-methyl/N-ethyl adjacent to an activating group) is 1. The Kier molecular flexibility index (Phi) is 5.38. The smallest absolute Gasteiger partial charge is 0.142 e. The molecule has 0 aromatic heterocycles. The minimum Gasteiger partial charge on any atom is -0.316 e. The molecule has 0 aliphatic carbocycles. The molecule has 2 aromatic rings. The fraction of sp³-hybridized carbons (Fsp3) is 0.333. The summed E-state index contributed by atoms with van der Waals surface area (Å²) in [7, 11) is 1.94. The molecule has 1 N–H and O–H groups in total. The van der Waals surface area contributed by atoms with E-state index < -0.39 is 0 Å². The zero-order valence-electron chi connectivity index (χ0n) is 12.7. The van der Waals surface area contributed by atoms with Gasteiger partial charge in [-0.25, -0.2) is 4.39 Å². The van der Waals surface area contributed by atoms with Crippen molar-refractivity contribution in [2.45, 2.75) is 32.7 Å². The molecule has 0 heterocycles. The molecule has 0 saturated carbocycles. The highest BCUT2D eigenvalue weighted by Gasteiger charge is 2.10. The van der Waals surface area contributed by atoms with Crippen molar-refractivity contribution in [2.75, 3.05) is 7.05 Å². The van der Waals surface area contributed by atoms with Crippen molar-refractivity contribution in [3.05, 3.63) is 69.5 Å². The fourth-order valence-electron chi connectivity index (χ4n) is 2.44. The lowest BCUT2D eigenvalue weighted by Crippen LogP contribution is -2.30. The zero-order valence-corrected chi connectivity index (χ0v) is 13.5. The van der Waals surface area contributed by atoms with Gasteiger partial charge < -0.3 is 5.32 Å². The second kappa shape index (κ2) is 7.06. The molecule has 1 atom stereocenters. The molecule has 2 aromatic carbocycles. The van der Waals surface area contributed by atoms with Crippen LogP contribution in [-0.2, 0) is 12.8 Å². The number of nitrogens with one attached hydrogen (secondary N) is 1. The Balaban J connectivity index is 2.08. The van der Waals surface area contributed by atoms with E-state index in [0.29, 0.717) is 0 Å². The van der Waals surface area contributed by atoms with Crippen LogP contribution in [0.15, 0.2) is 36.4 Å². The molecule has 0 bridgehead atoms. The summed E-state index contributed by atoms with van der Waals surface area (Å²) in [5.41, 5.74) is 4.87.